The summed E-state index contributed by atoms with van der Waals surface area (Å²) in [5, 5.41) is 2.24. The molecule has 0 saturated heterocycles. The summed E-state index contributed by atoms with van der Waals surface area (Å²) in [6, 6.07) is 16.7. The van der Waals surface area contributed by atoms with Gasteiger partial charge in [-0.1, -0.05) is 36.4 Å². The maximum absolute atomic E-state index is 4.55. The average Bonchev–Trinajstić information content (AvgIpc) is 2.55. The molecule has 0 saturated carbocycles. The smallest absolute Gasteiger partial charge is 0.0677 e. The summed E-state index contributed by atoms with van der Waals surface area (Å²) >= 11 is 1.83. The van der Waals surface area contributed by atoms with Gasteiger partial charge in [0.1, 0.15) is 0 Å². The summed E-state index contributed by atoms with van der Waals surface area (Å²) in [5.41, 5.74) is 6.16. The summed E-state index contributed by atoms with van der Waals surface area (Å²) in [4.78, 5) is 6.73. The second-order valence-electron chi connectivity index (χ2n) is 5.14. The lowest BCUT2D eigenvalue weighted by Gasteiger charge is -2.27. The third-order valence-electron chi connectivity index (χ3n) is 3.50. The molecule has 0 spiro atoms. The topological polar surface area (TPSA) is 16.1 Å². The van der Waals surface area contributed by atoms with Crippen molar-refractivity contribution in [1.82, 2.24) is 9.88 Å². The Hall–Kier alpha value is -2.00. The number of likely N-dealkylation sites (N-methyl/N-ethyl adjacent to an activating group) is 1. The minimum atomic E-state index is 0.957. The van der Waals surface area contributed by atoms with Crippen molar-refractivity contribution >= 4 is 22.9 Å². The first-order valence-corrected chi connectivity index (χ1v) is 8.01. The number of pyridine rings is 1. The van der Waals surface area contributed by atoms with Gasteiger partial charge in [0.05, 0.1) is 11.4 Å². The summed E-state index contributed by atoms with van der Waals surface area (Å²) in [5.74, 6) is 0.957. The fraction of sp³-hybridized carbons (Fsp3) is 0.167. The molecule has 0 unspecified atom stereocenters. The van der Waals surface area contributed by atoms with E-state index in [1.54, 1.807) is 0 Å². The van der Waals surface area contributed by atoms with E-state index in [1.165, 1.54) is 22.4 Å². The molecule has 3 heteroatoms. The number of aromatic nitrogens is 1. The van der Waals surface area contributed by atoms with Gasteiger partial charge in [-0.15, -0.1) is 11.8 Å². The predicted molar refractivity (Wildman–Crippen MR) is 91.7 cm³/mol. The monoisotopic (exact) mass is 294 g/mol. The molecule has 0 amide bonds. The van der Waals surface area contributed by atoms with Gasteiger partial charge in [0.2, 0.25) is 0 Å². The maximum atomic E-state index is 4.55. The third-order valence-corrected chi connectivity index (χ3v) is 4.34. The Balaban J connectivity index is 2.21. The maximum Gasteiger partial charge on any atom is 0.0677 e. The van der Waals surface area contributed by atoms with E-state index in [0.717, 1.165) is 11.4 Å². The first kappa shape index (κ1) is 14.0. The van der Waals surface area contributed by atoms with Gasteiger partial charge >= 0.3 is 0 Å². The largest absolute Gasteiger partial charge is 0.377 e. The van der Waals surface area contributed by atoms with E-state index in [1.807, 2.05) is 24.0 Å². The standard InChI is InChI=1S/C18H18N2S/c1-20(2)17-13-21-12-15(16-10-6-7-11-19-16)18(17)14-8-4-3-5-9-14/h3-11,13H,12H2,1-2H3. The Bertz CT molecular complexity index is 673. The lowest BCUT2D eigenvalue weighted by Crippen LogP contribution is -2.16. The van der Waals surface area contributed by atoms with E-state index >= 15 is 0 Å². The van der Waals surface area contributed by atoms with Crippen LogP contribution >= 0.6 is 11.8 Å². The number of thioether (sulfide) groups is 1. The second-order valence-corrected chi connectivity index (χ2v) is 6.00. The summed E-state index contributed by atoms with van der Waals surface area (Å²) in [6.07, 6.45) is 1.86. The number of hydrogen-bond donors (Lipinski definition) is 0. The minimum absolute atomic E-state index is 0.957. The molecule has 1 aliphatic heterocycles. The van der Waals surface area contributed by atoms with Crippen LogP contribution in [0.2, 0.25) is 0 Å². The summed E-state index contributed by atoms with van der Waals surface area (Å²) in [6.45, 7) is 0. The molecule has 2 nitrogen and oxygen atoms in total. The molecule has 0 aliphatic carbocycles. The van der Waals surface area contributed by atoms with Gasteiger partial charge in [0.15, 0.2) is 0 Å². The average molecular weight is 294 g/mol. The van der Waals surface area contributed by atoms with E-state index in [4.69, 9.17) is 0 Å². The first-order valence-electron chi connectivity index (χ1n) is 6.97. The molecule has 0 atom stereocenters. The molecule has 1 aromatic carbocycles. The highest BCUT2D eigenvalue weighted by Gasteiger charge is 2.21. The zero-order valence-electron chi connectivity index (χ0n) is 12.3. The molecule has 0 bridgehead atoms. The van der Waals surface area contributed by atoms with Crippen molar-refractivity contribution in [1.29, 1.82) is 0 Å². The normalized spacial score (nSPS) is 14.9. The highest BCUT2D eigenvalue weighted by molar-refractivity contribution is 8.02. The van der Waals surface area contributed by atoms with E-state index < -0.39 is 0 Å². The van der Waals surface area contributed by atoms with Crippen molar-refractivity contribution in [2.45, 2.75) is 0 Å². The van der Waals surface area contributed by atoms with E-state index in [2.05, 4.69) is 71.9 Å². The first-order chi connectivity index (χ1) is 10.3. The molecule has 3 rings (SSSR count). The van der Waals surface area contributed by atoms with Crippen LogP contribution in [-0.4, -0.2) is 29.7 Å². The Morgan fingerprint density at radius 3 is 2.43 bits per heavy atom. The van der Waals surface area contributed by atoms with E-state index in [0.29, 0.717) is 0 Å². The van der Waals surface area contributed by atoms with Crippen LogP contribution in [0.3, 0.4) is 0 Å². The predicted octanol–water partition coefficient (Wildman–Crippen LogP) is 4.14. The van der Waals surface area contributed by atoms with Crippen molar-refractivity contribution in [2.75, 3.05) is 19.8 Å². The van der Waals surface area contributed by atoms with Crippen molar-refractivity contribution in [2.24, 2.45) is 0 Å². The second kappa shape index (κ2) is 6.19. The zero-order valence-corrected chi connectivity index (χ0v) is 13.1. The Kier molecular flexibility index (Phi) is 4.11. The van der Waals surface area contributed by atoms with Gasteiger partial charge in [-0.3, -0.25) is 4.98 Å². The number of rotatable bonds is 3. The Labute approximate surface area is 130 Å². The van der Waals surface area contributed by atoms with Crippen LogP contribution < -0.4 is 0 Å². The number of hydrogen-bond acceptors (Lipinski definition) is 3. The zero-order chi connectivity index (χ0) is 14.7. The van der Waals surface area contributed by atoms with Crippen molar-refractivity contribution in [3.8, 4) is 0 Å². The van der Waals surface area contributed by atoms with Gasteiger partial charge in [0.25, 0.3) is 0 Å². The van der Waals surface area contributed by atoms with E-state index in [-0.39, 0.29) is 0 Å². The number of nitrogens with zero attached hydrogens (tertiary/aromatic N) is 2. The van der Waals surface area contributed by atoms with Crippen LogP contribution in [0.15, 0.2) is 65.8 Å². The van der Waals surface area contributed by atoms with Gasteiger partial charge < -0.3 is 4.90 Å². The molecule has 106 valence electrons. The highest BCUT2D eigenvalue weighted by Crippen LogP contribution is 2.39. The quantitative estimate of drug-likeness (QED) is 0.846. The fourth-order valence-corrected chi connectivity index (χ4v) is 3.52. The van der Waals surface area contributed by atoms with Crippen molar-refractivity contribution < 1.29 is 0 Å². The molecule has 21 heavy (non-hydrogen) atoms. The summed E-state index contributed by atoms with van der Waals surface area (Å²) < 4.78 is 0. The molecule has 0 fully saturated rings. The van der Waals surface area contributed by atoms with Crippen LogP contribution in [0.1, 0.15) is 11.3 Å². The van der Waals surface area contributed by atoms with Crippen LogP contribution in [0.5, 0.6) is 0 Å². The lowest BCUT2D eigenvalue weighted by atomic mass is 9.95. The molecular formula is C18H18N2S. The van der Waals surface area contributed by atoms with Crippen molar-refractivity contribution in [3.05, 3.63) is 77.1 Å². The molecule has 0 radical (unpaired) electrons. The number of benzene rings is 1. The minimum Gasteiger partial charge on any atom is -0.377 e. The number of allylic oxidation sites excluding steroid dienone is 1. The Morgan fingerprint density at radius 2 is 1.76 bits per heavy atom. The van der Waals surface area contributed by atoms with Gasteiger partial charge in [-0.05, 0) is 28.7 Å². The van der Waals surface area contributed by atoms with Gasteiger partial charge in [-0.25, -0.2) is 0 Å². The molecule has 1 aliphatic rings. The molecule has 0 N–H and O–H groups in total. The molecule has 2 aromatic rings. The molecule has 2 heterocycles. The SMILES string of the molecule is CN(C)C1=CSCC(c2ccccn2)=C1c1ccccc1. The van der Waals surface area contributed by atoms with Gasteiger partial charge in [-0.2, -0.15) is 0 Å². The molecule has 1 aromatic heterocycles. The lowest BCUT2D eigenvalue weighted by molar-refractivity contribution is 0.536. The van der Waals surface area contributed by atoms with Crippen LogP contribution in [0.25, 0.3) is 11.1 Å². The summed E-state index contributed by atoms with van der Waals surface area (Å²) in [7, 11) is 4.19. The highest BCUT2D eigenvalue weighted by atomic mass is 32.2. The fourth-order valence-electron chi connectivity index (χ4n) is 2.49. The molecular weight excluding hydrogens is 276 g/mol. The van der Waals surface area contributed by atoms with E-state index in [9.17, 15) is 0 Å². The third kappa shape index (κ3) is 2.88. The van der Waals surface area contributed by atoms with Crippen molar-refractivity contribution in [3.63, 3.8) is 0 Å². The van der Waals surface area contributed by atoms with Gasteiger partial charge in [0, 0.05) is 31.6 Å². The van der Waals surface area contributed by atoms with Crippen LogP contribution in [0.4, 0.5) is 0 Å². The van der Waals surface area contributed by atoms with Crippen LogP contribution in [0, 0.1) is 0 Å². The Morgan fingerprint density at radius 1 is 1.00 bits per heavy atom. The van der Waals surface area contributed by atoms with Crippen LogP contribution in [-0.2, 0) is 0 Å².